The Bertz CT molecular complexity index is 187. The molecule has 0 N–H and O–H groups in total. The Morgan fingerprint density at radius 3 is 1.62 bits per heavy atom. The van der Waals surface area contributed by atoms with E-state index in [4.69, 9.17) is 4.74 Å². The number of esters is 1. The van der Waals surface area contributed by atoms with E-state index in [-0.39, 0.29) is 33.3 Å². The third-order valence-electron chi connectivity index (χ3n) is 3.75. The second kappa shape index (κ2) is 20.4. The third-order valence-corrected chi connectivity index (χ3v) is 3.75. The van der Waals surface area contributed by atoms with Gasteiger partial charge in [0.15, 0.2) is 0 Å². The number of hydrogen-bond acceptors (Lipinski definition) is 2. The van der Waals surface area contributed by atoms with E-state index in [1.54, 1.807) is 0 Å². The molecule has 0 saturated carbocycles. The summed E-state index contributed by atoms with van der Waals surface area (Å²) in [5, 5.41) is 0. The number of unbranched alkanes of at least 4 members (excludes halogenated alkanes) is 11. The van der Waals surface area contributed by atoms with Crippen LogP contribution >= 0.6 is 0 Å². The van der Waals surface area contributed by atoms with Crippen LogP contribution in [0.1, 0.15) is 104 Å². The van der Waals surface area contributed by atoms with Crippen molar-refractivity contribution in [3.05, 3.63) is 0 Å². The van der Waals surface area contributed by atoms with Gasteiger partial charge in [-0.1, -0.05) is 84.5 Å². The van der Waals surface area contributed by atoms with Crippen molar-refractivity contribution in [3.63, 3.8) is 0 Å². The van der Waals surface area contributed by atoms with Crippen molar-refractivity contribution in [3.8, 4) is 0 Å². The average molecular weight is 494 g/mol. The Hall–Kier alpha value is 0.392. The molecular weight excluding hydrogens is 455 g/mol. The third kappa shape index (κ3) is 20.4. The predicted molar refractivity (Wildman–Crippen MR) is 95.5 cm³/mol. The molecule has 0 aromatic rings. The van der Waals surface area contributed by atoms with Crippen LogP contribution in [-0.4, -0.2) is 39.9 Å². The molecule has 0 aliphatic carbocycles. The predicted octanol–water partition coefficient (Wildman–Crippen LogP) is 5.11. The van der Waals surface area contributed by atoms with Gasteiger partial charge in [0.1, 0.15) is 0 Å². The van der Waals surface area contributed by atoms with Crippen molar-refractivity contribution in [2.24, 2.45) is 0 Å². The van der Waals surface area contributed by atoms with Gasteiger partial charge in [-0.25, -0.2) is 0 Å². The summed E-state index contributed by atoms with van der Waals surface area (Å²) in [6.45, 7) is 5.09. The molecule has 0 aliphatic rings. The number of carbonyl (C=O) groups is 1. The van der Waals surface area contributed by atoms with Crippen LogP contribution in [0.2, 0.25) is 0 Å². The van der Waals surface area contributed by atoms with E-state index in [2.05, 4.69) is 13.8 Å². The molecule has 0 aromatic carbocycles. The fourth-order valence-corrected chi connectivity index (χ4v) is 2.37. The number of hydrogen-bond donors (Lipinski definition) is 0. The topological polar surface area (TPSA) is 26.3 Å². The monoisotopic (exact) mass is 494 g/mol. The van der Waals surface area contributed by atoms with Crippen molar-refractivity contribution < 1.29 is 9.53 Å². The fraction of sp³-hybridized carbons (Fsp3) is 0.944. The summed E-state index contributed by atoms with van der Waals surface area (Å²) >= 11 is 0. The van der Waals surface area contributed by atoms with Crippen LogP contribution < -0.4 is 0 Å². The van der Waals surface area contributed by atoms with Gasteiger partial charge in [0.2, 0.25) is 0 Å². The van der Waals surface area contributed by atoms with Gasteiger partial charge >= 0.3 is 33.3 Å². The summed E-state index contributed by atoms with van der Waals surface area (Å²) in [5.74, 6) is 0.00659. The summed E-state index contributed by atoms with van der Waals surface area (Å²) in [6, 6.07) is 0. The molecule has 0 spiro atoms. The number of rotatable bonds is 15. The van der Waals surface area contributed by atoms with Crippen LogP contribution in [0.5, 0.6) is 0 Å². The maximum absolute atomic E-state index is 11.5. The van der Waals surface area contributed by atoms with Crippen LogP contribution in [0.4, 0.5) is 0 Å². The molecule has 0 aromatic heterocycles. The van der Waals surface area contributed by atoms with Crippen molar-refractivity contribution in [1.29, 1.82) is 0 Å². The molecule has 2 radical (unpaired) electrons. The molecule has 126 valence electrons. The van der Waals surface area contributed by atoms with E-state index >= 15 is 0 Å². The summed E-state index contributed by atoms with van der Waals surface area (Å²) < 4.78 is 5.25. The van der Waals surface area contributed by atoms with Gasteiger partial charge in [0.25, 0.3) is 0 Å². The first-order valence-corrected chi connectivity index (χ1v) is 8.96. The van der Waals surface area contributed by atoms with Crippen molar-refractivity contribution in [2.45, 2.75) is 104 Å². The molecule has 21 heavy (non-hydrogen) atoms. The van der Waals surface area contributed by atoms with Crippen molar-refractivity contribution >= 4 is 33.3 Å². The Kier molecular flexibility index (Phi) is 23.0. The van der Waals surface area contributed by atoms with Gasteiger partial charge in [-0.3, -0.25) is 4.79 Å². The van der Waals surface area contributed by atoms with E-state index in [0.717, 1.165) is 12.8 Å². The first-order valence-electron chi connectivity index (χ1n) is 8.96. The minimum absolute atomic E-state index is 0. The molecule has 0 saturated heterocycles. The Morgan fingerprint density at radius 1 is 0.667 bits per heavy atom. The van der Waals surface area contributed by atoms with E-state index in [1.165, 1.54) is 70.6 Å². The van der Waals surface area contributed by atoms with Gasteiger partial charge in [0.05, 0.1) is 6.61 Å². The van der Waals surface area contributed by atoms with Gasteiger partial charge in [0, 0.05) is 6.42 Å². The van der Waals surface area contributed by atoms with E-state index in [9.17, 15) is 4.79 Å². The molecule has 0 amide bonds. The molecule has 0 atom stereocenters. The maximum atomic E-state index is 11.5. The summed E-state index contributed by atoms with van der Waals surface area (Å²) in [7, 11) is 0. The van der Waals surface area contributed by atoms with Crippen LogP contribution in [0.15, 0.2) is 0 Å². The zero-order chi connectivity index (χ0) is 14.9. The second-order valence-corrected chi connectivity index (χ2v) is 5.86. The Labute approximate surface area is 153 Å². The molecule has 0 aliphatic heterocycles. The minimum atomic E-state index is 0. The zero-order valence-corrected chi connectivity index (χ0v) is 20.1. The average Bonchev–Trinajstić information content (AvgIpc) is 2.45. The molecule has 0 fully saturated rings. The van der Waals surface area contributed by atoms with E-state index < -0.39 is 0 Å². The van der Waals surface area contributed by atoms with Gasteiger partial charge in [-0.2, -0.15) is 0 Å². The SMILES string of the molecule is CCCCCCCCCC(=O)OCCCCCCCC.[PbH2]. The molecule has 0 unspecified atom stereocenters. The number of ether oxygens (including phenoxy) is 1. The van der Waals surface area contributed by atoms with E-state index in [0.29, 0.717) is 13.0 Å². The summed E-state index contributed by atoms with van der Waals surface area (Å²) in [6.07, 6.45) is 16.8. The quantitative estimate of drug-likeness (QED) is 0.180. The first-order chi connectivity index (χ1) is 9.81. The first kappa shape index (κ1) is 23.7. The second-order valence-electron chi connectivity index (χ2n) is 5.86. The number of carbonyl (C=O) groups excluding carboxylic acids is 1. The van der Waals surface area contributed by atoms with Gasteiger partial charge < -0.3 is 4.74 Å². The molecule has 3 heteroatoms. The van der Waals surface area contributed by atoms with Crippen molar-refractivity contribution in [1.82, 2.24) is 0 Å². The normalized spacial score (nSPS) is 10.2. The van der Waals surface area contributed by atoms with Crippen LogP contribution in [0, 0.1) is 0 Å². The van der Waals surface area contributed by atoms with Crippen molar-refractivity contribution in [2.75, 3.05) is 6.61 Å². The Morgan fingerprint density at radius 2 is 1.10 bits per heavy atom. The van der Waals surface area contributed by atoms with Crippen LogP contribution in [-0.2, 0) is 9.53 Å². The molecule has 0 bridgehead atoms. The van der Waals surface area contributed by atoms with Gasteiger partial charge in [-0.15, -0.1) is 0 Å². The fourth-order valence-electron chi connectivity index (χ4n) is 2.37. The summed E-state index contributed by atoms with van der Waals surface area (Å²) in [5.41, 5.74) is 0. The van der Waals surface area contributed by atoms with Gasteiger partial charge in [-0.05, 0) is 12.8 Å². The molecule has 2 nitrogen and oxygen atoms in total. The molecule has 0 rings (SSSR count). The van der Waals surface area contributed by atoms with Crippen LogP contribution in [0.25, 0.3) is 0 Å². The molecular formula is C18H38O2Pb. The standard InChI is InChI=1S/C18H36O2.Pb.2H/c1-3-5-7-9-11-12-14-16-18(19)20-17-15-13-10-8-6-4-2;;;/h3-17H2,1-2H3;;;. The van der Waals surface area contributed by atoms with E-state index in [1.807, 2.05) is 0 Å². The summed E-state index contributed by atoms with van der Waals surface area (Å²) in [4.78, 5) is 11.5. The molecule has 0 heterocycles. The van der Waals surface area contributed by atoms with Crippen LogP contribution in [0.3, 0.4) is 0 Å². The Balaban J connectivity index is 0. The zero-order valence-electron chi connectivity index (χ0n) is 14.6.